The van der Waals surface area contributed by atoms with Crippen LogP contribution in [0.25, 0.3) is 0 Å². The number of likely N-dealkylation sites (tertiary alicyclic amines) is 1. The van der Waals surface area contributed by atoms with Crippen LogP contribution >= 0.6 is 0 Å². The van der Waals surface area contributed by atoms with Gasteiger partial charge in [-0.1, -0.05) is 0 Å². The lowest BCUT2D eigenvalue weighted by atomic mass is 10.2. The average Bonchev–Trinajstić information content (AvgIpc) is 2.75. The summed E-state index contributed by atoms with van der Waals surface area (Å²) < 4.78 is 5.41. The SMILES string of the molecule is CC(C)OCCCNC(=O)CN1CCCC1CN. The van der Waals surface area contributed by atoms with Gasteiger partial charge in [0.2, 0.25) is 5.91 Å². The molecule has 1 amide bonds. The largest absolute Gasteiger partial charge is 0.379 e. The number of carbonyl (C=O) groups is 1. The molecule has 1 rings (SSSR count). The molecule has 1 aliphatic rings. The lowest BCUT2D eigenvalue weighted by Gasteiger charge is -2.22. The molecule has 5 heteroatoms. The van der Waals surface area contributed by atoms with Gasteiger partial charge >= 0.3 is 0 Å². The van der Waals surface area contributed by atoms with E-state index in [2.05, 4.69) is 10.2 Å². The van der Waals surface area contributed by atoms with Crippen molar-refractivity contribution in [1.29, 1.82) is 0 Å². The van der Waals surface area contributed by atoms with Gasteiger partial charge in [-0.3, -0.25) is 9.69 Å². The maximum atomic E-state index is 11.7. The number of nitrogens with two attached hydrogens (primary N) is 1. The van der Waals surface area contributed by atoms with E-state index in [1.54, 1.807) is 0 Å². The van der Waals surface area contributed by atoms with E-state index in [9.17, 15) is 4.79 Å². The van der Waals surface area contributed by atoms with Crippen LogP contribution in [0, 0.1) is 0 Å². The molecular weight excluding hydrogens is 230 g/mol. The number of ether oxygens (including phenoxy) is 1. The zero-order valence-corrected chi connectivity index (χ0v) is 11.7. The number of hydrogen-bond donors (Lipinski definition) is 2. The maximum absolute atomic E-state index is 11.7. The molecule has 0 saturated carbocycles. The van der Waals surface area contributed by atoms with Crippen LogP contribution in [0.15, 0.2) is 0 Å². The topological polar surface area (TPSA) is 67.6 Å². The van der Waals surface area contributed by atoms with Gasteiger partial charge < -0.3 is 15.8 Å². The van der Waals surface area contributed by atoms with Crippen LogP contribution in [0.4, 0.5) is 0 Å². The highest BCUT2D eigenvalue weighted by Crippen LogP contribution is 2.14. The summed E-state index contributed by atoms with van der Waals surface area (Å²) in [7, 11) is 0. The fourth-order valence-corrected chi connectivity index (χ4v) is 2.23. The molecule has 0 radical (unpaired) electrons. The van der Waals surface area contributed by atoms with Crippen LogP contribution in [0.3, 0.4) is 0 Å². The molecule has 1 unspecified atom stereocenters. The van der Waals surface area contributed by atoms with Crippen LogP contribution in [0.5, 0.6) is 0 Å². The molecule has 0 spiro atoms. The Hall–Kier alpha value is -0.650. The quantitative estimate of drug-likeness (QED) is 0.615. The number of hydrogen-bond acceptors (Lipinski definition) is 4. The molecule has 0 aromatic rings. The molecule has 0 bridgehead atoms. The molecule has 1 atom stereocenters. The Kier molecular flexibility index (Phi) is 7.23. The van der Waals surface area contributed by atoms with Crippen LogP contribution in [-0.2, 0) is 9.53 Å². The number of nitrogens with one attached hydrogen (secondary N) is 1. The normalized spacial score (nSPS) is 20.6. The van der Waals surface area contributed by atoms with Crippen LogP contribution < -0.4 is 11.1 Å². The zero-order valence-electron chi connectivity index (χ0n) is 11.7. The van der Waals surface area contributed by atoms with Crippen LogP contribution in [0.1, 0.15) is 33.1 Å². The lowest BCUT2D eigenvalue weighted by Crippen LogP contribution is -2.42. The molecule has 1 fully saturated rings. The van der Waals surface area contributed by atoms with Crippen molar-refractivity contribution >= 4 is 5.91 Å². The fraction of sp³-hybridized carbons (Fsp3) is 0.923. The molecular formula is C13H27N3O2. The summed E-state index contributed by atoms with van der Waals surface area (Å²) in [4.78, 5) is 13.9. The van der Waals surface area contributed by atoms with E-state index in [-0.39, 0.29) is 12.0 Å². The standard InChI is InChI=1S/C13H27N3O2/c1-11(2)18-8-4-6-15-13(17)10-16-7-3-5-12(16)9-14/h11-12H,3-10,14H2,1-2H3,(H,15,17). The third-order valence-corrected chi connectivity index (χ3v) is 3.21. The van der Waals surface area contributed by atoms with Crippen molar-refractivity contribution in [1.82, 2.24) is 10.2 Å². The molecule has 1 saturated heterocycles. The highest BCUT2D eigenvalue weighted by Gasteiger charge is 2.24. The minimum Gasteiger partial charge on any atom is -0.379 e. The van der Waals surface area contributed by atoms with Gasteiger partial charge in [-0.05, 0) is 39.7 Å². The highest BCUT2D eigenvalue weighted by atomic mass is 16.5. The van der Waals surface area contributed by atoms with Crippen molar-refractivity contribution in [2.75, 3.05) is 32.8 Å². The minimum atomic E-state index is 0.0971. The first-order valence-corrected chi connectivity index (χ1v) is 6.96. The Labute approximate surface area is 110 Å². The van der Waals surface area contributed by atoms with Crippen molar-refractivity contribution in [2.24, 2.45) is 5.73 Å². The third-order valence-electron chi connectivity index (χ3n) is 3.21. The first kappa shape index (κ1) is 15.4. The number of carbonyl (C=O) groups excluding carboxylic acids is 1. The molecule has 5 nitrogen and oxygen atoms in total. The number of amides is 1. The van der Waals surface area contributed by atoms with E-state index in [1.807, 2.05) is 13.8 Å². The molecule has 3 N–H and O–H groups in total. The van der Waals surface area contributed by atoms with E-state index in [4.69, 9.17) is 10.5 Å². The molecule has 106 valence electrons. The molecule has 0 aromatic heterocycles. The van der Waals surface area contributed by atoms with Crippen LogP contribution in [0.2, 0.25) is 0 Å². The summed E-state index contributed by atoms with van der Waals surface area (Å²) in [5, 5.41) is 2.93. The minimum absolute atomic E-state index is 0.0971. The van der Waals surface area contributed by atoms with Crippen molar-refractivity contribution in [3.8, 4) is 0 Å². The summed E-state index contributed by atoms with van der Waals surface area (Å²) in [5.41, 5.74) is 5.68. The van der Waals surface area contributed by atoms with E-state index in [0.29, 0.717) is 32.3 Å². The summed E-state index contributed by atoms with van der Waals surface area (Å²) in [6, 6.07) is 0.389. The molecule has 1 heterocycles. The smallest absolute Gasteiger partial charge is 0.234 e. The molecule has 0 aliphatic carbocycles. The predicted octanol–water partition coefficient (Wildman–Crippen LogP) is 0.341. The second-order valence-corrected chi connectivity index (χ2v) is 5.13. The van der Waals surface area contributed by atoms with Gasteiger partial charge in [0.15, 0.2) is 0 Å². The van der Waals surface area contributed by atoms with Gasteiger partial charge in [-0.2, -0.15) is 0 Å². The molecule has 1 aliphatic heterocycles. The van der Waals surface area contributed by atoms with Crippen molar-refractivity contribution in [2.45, 2.75) is 45.3 Å². The lowest BCUT2D eigenvalue weighted by molar-refractivity contribution is -0.122. The van der Waals surface area contributed by atoms with Gasteiger partial charge in [0, 0.05) is 25.7 Å². The molecule has 18 heavy (non-hydrogen) atoms. The number of nitrogens with zero attached hydrogens (tertiary/aromatic N) is 1. The summed E-state index contributed by atoms with van der Waals surface area (Å²) >= 11 is 0. The van der Waals surface area contributed by atoms with Crippen molar-refractivity contribution in [3.63, 3.8) is 0 Å². The Morgan fingerprint density at radius 3 is 3.00 bits per heavy atom. The van der Waals surface area contributed by atoms with Gasteiger partial charge in [0.25, 0.3) is 0 Å². The predicted molar refractivity (Wildman–Crippen MR) is 72.4 cm³/mol. The van der Waals surface area contributed by atoms with Gasteiger partial charge in [-0.15, -0.1) is 0 Å². The average molecular weight is 257 g/mol. The number of rotatable bonds is 8. The Morgan fingerprint density at radius 1 is 1.56 bits per heavy atom. The third kappa shape index (κ3) is 5.80. The Balaban J connectivity index is 2.06. The summed E-state index contributed by atoms with van der Waals surface area (Å²) in [6.07, 6.45) is 3.39. The van der Waals surface area contributed by atoms with Gasteiger partial charge in [0.05, 0.1) is 12.6 Å². The van der Waals surface area contributed by atoms with E-state index < -0.39 is 0 Å². The zero-order chi connectivity index (χ0) is 13.4. The first-order valence-electron chi connectivity index (χ1n) is 6.96. The highest BCUT2D eigenvalue weighted by molar-refractivity contribution is 5.78. The Morgan fingerprint density at radius 2 is 2.33 bits per heavy atom. The van der Waals surface area contributed by atoms with Crippen molar-refractivity contribution < 1.29 is 9.53 Å². The van der Waals surface area contributed by atoms with Crippen LogP contribution in [-0.4, -0.2) is 55.7 Å². The summed E-state index contributed by atoms with van der Waals surface area (Å²) in [5.74, 6) is 0.0971. The second-order valence-electron chi connectivity index (χ2n) is 5.13. The summed E-state index contributed by atoms with van der Waals surface area (Å²) in [6.45, 7) is 7.53. The van der Waals surface area contributed by atoms with Gasteiger partial charge in [0.1, 0.15) is 0 Å². The van der Waals surface area contributed by atoms with E-state index in [0.717, 1.165) is 25.8 Å². The Bertz CT molecular complexity index is 246. The van der Waals surface area contributed by atoms with E-state index in [1.165, 1.54) is 0 Å². The maximum Gasteiger partial charge on any atom is 0.234 e. The van der Waals surface area contributed by atoms with E-state index >= 15 is 0 Å². The fourth-order valence-electron chi connectivity index (χ4n) is 2.23. The first-order chi connectivity index (χ1) is 8.63. The van der Waals surface area contributed by atoms with Crippen molar-refractivity contribution in [3.05, 3.63) is 0 Å². The molecule has 0 aromatic carbocycles. The van der Waals surface area contributed by atoms with Gasteiger partial charge in [-0.25, -0.2) is 0 Å². The second kappa shape index (κ2) is 8.45. The monoisotopic (exact) mass is 257 g/mol.